The van der Waals surface area contributed by atoms with E-state index in [1.54, 1.807) is 10.7 Å². The fourth-order valence-corrected chi connectivity index (χ4v) is 2.22. The molecule has 1 saturated heterocycles. The number of rotatable bonds is 3. The van der Waals surface area contributed by atoms with Gasteiger partial charge in [-0.05, 0) is 31.9 Å². The minimum absolute atomic E-state index is 0.283. The van der Waals surface area contributed by atoms with Gasteiger partial charge in [0.25, 0.3) is 0 Å². The molecule has 0 saturated carbocycles. The maximum absolute atomic E-state index is 5.65. The molecule has 0 spiro atoms. The Kier molecular flexibility index (Phi) is 2.68. The fourth-order valence-electron chi connectivity index (χ4n) is 2.22. The Hall–Kier alpha value is -1.62. The molecule has 1 fully saturated rings. The van der Waals surface area contributed by atoms with Crippen LogP contribution >= 0.6 is 0 Å². The molecule has 2 aromatic heterocycles. The normalized spacial score (nSPS) is 21.8. The molecule has 90 valence electrons. The summed E-state index contributed by atoms with van der Waals surface area (Å²) in [5.74, 6) is 0.860. The average molecular weight is 232 g/mol. The number of nitrogens with zero attached hydrogens (tertiary/aromatic N) is 3. The summed E-state index contributed by atoms with van der Waals surface area (Å²) in [6, 6.07) is 4.19. The number of anilines is 1. The number of nitrogens with one attached hydrogen (secondary N) is 1. The van der Waals surface area contributed by atoms with Crippen LogP contribution in [0.5, 0.6) is 0 Å². The zero-order valence-electron chi connectivity index (χ0n) is 9.84. The van der Waals surface area contributed by atoms with E-state index in [0.29, 0.717) is 6.10 Å². The van der Waals surface area contributed by atoms with Gasteiger partial charge in [-0.3, -0.25) is 0 Å². The van der Waals surface area contributed by atoms with Crippen LogP contribution in [0.25, 0.3) is 5.65 Å². The van der Waals surface area contributed by atoms with E-state index in [-0.39, 0.29) is 6.04 Å². The fraction of sp³-hybridized carbons (Fsp3) is 0.500. The van der Waals surface area contributed by atoms with Crippen molar-refractivity contribution in [3.63, 3.8) is 0 Å². The van der Waals surface area contributed by atoms with E-state index in [0.717, 1.165) is 30.9 Å². The summed E-state index contributed by atoms with van der Waals surface area (Å²) in [5, 5.41) is 7.82. The highest BCUT2D eigenvalue weighted by Gasteiger charge is 2.22. The molecular formula is C12H16N4O. The highest BCUT2D eigenvalue weighted by atomic mass is 16.5. The van der Waals surface area contributed by atoms with Crippen LogP contribution in [0.2, 0.25) is 0 Å². The lowest BCUT2D eigenvalue weighted by molar-refractivity contribution is 0.0995. The van der Waals surface area contributed by atoms with Gasteiger partial charge in [0, 0.05) is 19.0 Å². The van der Waals surface area contributed by atoms with Crippen molar-refractivity contribution in [3.05, 3.63) is 24.5 Å². The van der Waals surface area contributed by atoms with Crippen molar-refractivity contribution < 1.29 is 4.74 Å². The van der Waals surface area contributed by atoms with Crippen molar-refractivity contribution in [2.45, 2.75) is 31.9 Å². The summed E-state index contributed by atoms with van der Waals surface area (Å²) >= 11 is 0. The predicted octanol–water partition coefficient (Wildman–Crippen LogP) is 1.71. The van der Waals surface area contributed by atoms with Crippen LogP contribution < -0.4 is 5.32 Å². The third-order valence-electron chi connectivity index (χ3n) is 3.15. The van der Waals surface area contributed by atoms with E-state index in [4.69, 9.17) is 4.74 Å². The lowest BCUT2D eigenvalue weighted by Gasteiger charge is -2.20. The molecule has 2 atom stereocenters. The Morgan fingerprint density at radius 3 is 3.29 bits per heavy atom. The zero-order chi connectivity index (χ0) is 11.7. The van der Waals surface area contributed by atoms with Crippen LogP contribution in [0.4, 0.5) is 5.82 Å². The summed E-state index contributed by atoms with van der Waals surface area (Å²) in [5.41, 5.74) is 0.861. The van der Waals surface area contributed by atoms with Crippen molar-refractivity contribution >= 4 is 11.5 Å². The molecule has 0 aromatic carbocycles. The average Bonchev–Trinajstić information content (AvgIpc) is 2.99. The zero-order valence-corrected chi connectivity index (χ0v) is 9.84. The number of fused-ring (bicyclic) bond motifs is 1. The smallest absolute Gasteiger partial charge is 0.153 e. The van der Waals surface area contributed by atoms with Gasteiger partial charge in [0.05, 0.1) is 12.1 Å². The summed E-state index contributed by atoms with van der Waals surface area (Å²) in [6.45, 7) is 3.01. The van der Waals surface area contributed by atoms with Gasteiger partial charge in [-0.25, -0.2) is 9.50 Å². The van der Waals surface area contributed by atoms with Crippen molar-refractivity contribution in [1.29, 1.82) is 0 Å². The number of ether oxygens (including phenoxy) is 1. The summed E-state index contributed by atoms with van der Waals surface area (Å²) < 4.78 is 7.42. The number of hydrogen-bond acceptors (Lipinski definition) is 4. The first-order valence-corrected chi connectivity index (χ1v) is 6.01. The molecule has 1 aliphatic heterocycles. The van der Waals surface area contributed by atoms with Gasteiger partial charge < -0.3 is 10.1 Å². The van der Waals surface area contributed by atoms with E-state index in [2.05, 4.69) is 22.3 Å². The summed E-state index contributed by atoms with van der Waals surface area (Å²) in [4.78, 5) is 4.16. The molecule has 2 aromatic rings. The minimum atomic E-state index is 0.283. The Labute approximate surface area is 99.8 Å². The first-order chi connectivity index (χ1) is 8.33. The predicted molar refractivity (Wildman–Crippen MR) is 65.0 cm³/mol. The van der Waals surface area contributed by atoms with E-state index >= 15 is 0 Å². The van der Waals surface area contributed by atoms with Crippen molar-refractivity contribution in [1.82, 2.24) is 14.6 Å². The molecule has 0 bridgehead atoms. The Bertz CT molecular complexity index is 504. The first-order valence-electron chi connectivity index (χ1n) is 6.01. The van der Waals surface area contributed by atoms with Crippen molar-refractivity contribution in [3.8, 4) is 0 Å². The molecule has 5 heteroatoms. The highest BCUT2D eigenvalue weighted by molar-refractivity contribution is 5.44. The molecule has 5 nitrogen and oxygen atoms in total. The largest absolute Gasteiger partial charge is 0.376 e. The van der Waals surface area contributed by atoms with Gasteiger partial charge in [-0.2, -0.15) is 0 Å². The molecule has 1 N–H and O–H groups in total. The second-order valence-electron chi connectivity index (χ2n) is 4.43. The summed E-state index contributed by atoms with van der Waals surface area (Å²) in [6.07, 6.45) is 6.18. The van der Waals surface area contributed by atoms with Crippen LogP contribution in [0, 0.1) is 0 Å². The molecule has 3 rings (SSSR count). The van der Waals surface area contributed by atoms with E-state index in [1.165, 1.54) is 0 Å². The van der Waals surface area contributed by atoms with Crippen molar-refractivity contribution in [2.75, 3.05) is 11.9 Å². The first kappa shape index (κ1) is 10.5. The Morgan fingerprint density at radius 1 is 1.53 bits per heavy atom. The van der Waals surface area contributed by atoms with Crippen LogP contribution in [-0.4, -0.2) is 33.4 Å². The van der Waals surface area contributed by atoms with E-state index in [9.17, 15) is 0 Å². The Morgan fingerprint density at radius 2 is 2.47 bits per heavy atom. The SMILES string of the molecule is C[C@H](Nc1ccc2nccn2n1)[C@@H]1CCCO1. The standard InChI is InChI=1S/C12H16N4O/c1-9(10-3-2-8-17-10)14-11-4-5-12-13-6-7-16(12)15-11/h4-7,9-10H,2-3,8H2,1H3,(H,14,15)/t9-,10-/m0/s1. The molecule has 0 unspecified atom stereocenters. The van der Waals surface area contributed by atoms with Crippen LogP contribution in [-0.2, 0) is 4.74 Å². The molecule has 1 aliphatic rings. The number of aromatic nitrogens is 3. The molecule has 17 heavy (non-hydrogen) atoms. The highest BCUT2D eigenvalue weighted by Crippen LogP contribution is 2.18. The molecule has 0 aliphatic carbocycles. The van der Waals surface area contributed by atoms with Crippen molar-refractivity contribution in [2.24, 2.45) is 0 Å². The summed E-state index contributed by atoms with van der Waals surface area (Å²) in [7, 11) is 0. The maximum atomic E-state index is 5.65. The van der Waals surface area contributed by atoms with E-state index < -0.39 is 0 Å². The molecule has 3 heterocycles. The van der Waals surface area contributed by atoms with Crippen LogP contribution in [0.3, 0.4) is 0 Å². The lowest BCUT2D eigenvalue weighted by atomic mass is 10.1. The maximum Gasteiger partial charge on any atom is 0.153 e. The molecule has 0 radical (unpaired) electrons. The topological polar surface area (TPSA) is 51.5 Å². The monoisotopic (exact) mass is 232 g/mol. The van der Waals surface area contributed by atoms with Gasteiger partial charge in [0.1, 0.15) is 5.82 Å². The van der Waals surface area contributed by atoms with Gasteiger partial charge in [0.2, 0.25) is 0 Å². The third kappa shape index (κ3) is 2.10. The molecular weight excluding hydrogens is 216 g/mol. The number of imidazole rings is 1. The van der Waals surface area contributed by atoms with Gasteiger partial charge >= 0.3 is 0 Å². The van der Waals surface area contributed by atoms with Gasteiger partial charge in [0.15, 0.2) is 5.65 Å². The van der Waals surface area contributed by atoms with Crippen LogP contribution in [0.15, 0.2) is 24.5 Å². The van der Waals surface area contributed by atoms with Crippen LogP contribution in [0.1, 0.15) is 19.8 Å². The lowest BCUT2D eigenvalue weighted by Crippen LogP contribution is -2.30. The Balaban J connectivity index is 1.74. The molecule has 0 amide bonds. The second-order valence-corrected chi connectivity index (χ2v) is 4.43. The second kappa shape index (κ2) is 4.33. The number of hydrogen-bond donors (Lipinski definition) is 1. The third-order valence-corrected chi connectivity index (χ3v) is 3.15. The quantitative estimate of drug-likeness (QED) is 0.875. The minimum Gasteiger partial charge on any atom is -0.376 e. The van der Waals surface area contributed by atoms with Gasteiger partial charge in [-0.15, -0.1) is 5.10 Å². The van der Waals surface area contributed by atoms with E-state index in [1.807, 2.05) is 18.3 Å². The van der Waals surface area contributed by atoms with Gasteiger partial charge in [-0.1, -0.05) is 0 Å².